The number of carbonyl (C=O) groups is 2. The highest BCUT2D eigenvalue weighted by atomic mass is 32.1. The number of aromatic nitrogens is 1. The Kier molecular flexibility index (Phi) is 5.39. The summed E-state index contributed by atoms with van der Waals surface area (Å²) >= 11 is 1.44. The van der Waals surface area contributed by atoms with Gasteiger partial charge in [0.15, 0.2) is 0 Å². The number of carbonyl (C=O) groups excluding carboxylic acids is 1. The number of hydrogen-bond acceptors (Lipinski definition) is 4. The minimum atomic E-state index is -0.940. The van der Waals surface area contributed by atoms with E-state index in [9.17, 15) is 9.59 Å². The van der Waals surface area contributed by atoms with Crippen molar-refractivity contribution in [3.05, 3.63) is 51.0 Å². The van der Waals surface area contributed by atoms with E-state index in [0.717, 1.165) is 16.3 Å². The monoisotopic (exact) mass is 346 g/mol. The molecular formula is C18H22N2O3S. The first-order valence-electron chi connectivity index (χ1n) is 7.77. The maximum Gasteiger partial charge on any atom is 0.335 e. The van der Waals surface area contributed by atoms with Gasteiger partial charge in [-0.25, -0.2) is 9.78 Å². The van der Waals surface area contributed by atoms with Gasteiger partial charge in [0.1, 0.15) is 4.88 Å². The van der Waals surface area contributed by atoms with Crippen molar-refractivity contribution >= 4 is 23.2 Å². The Labute approximate surface area is 145 Å². The molecule has 24 heavy (non-hydrogen) atoms. The summed E-state index contributed by atoms with van der Waals surface area (Å²) in [5.41, 5.74) is 1.93. The van der Waals surface area contributed by atoms with Crippen LogP contribution in [0.2, 0.25) is 0 Å². The van der Waals surface area contributed by atoms with E-state index in [4.69, 9.17) is 5.11 Å². The van der Waals surface area contributed by atoms with Crippen LogP contribution in [0.15, 0.2) is 24.3 Å². The summed E-state index contributed by atoms with van der Waals surface area (Å²) in [5.74, 6) is -1.05. The first-order valence-corrected chi connectivity index (χ1v) is 8.58. The van der Waals surface area contributed by atoms with Crippen molar-refractivity contribution in [1.82, 2.24) is 10.3 Å². The molecule has 6 heteroatoms. The van der Waals surface area contributed by atoms with Crippen LogP contribution in [0, 0.1) is 6.92 Å². The van der Waals surface area contributed by atoms with Crippen LogP contribution >= 0.6 is 11.3 Å². The van der Waals surface area contributed by atoms with Gasteiger partial charge in [0.2, 0.25) is 0 Å². The van der Waals surface area contributed by atoms with Gasteiger partial charge in [0.25, 0.3) is 5.91 Å². The van der Waals surface area contributed by atoms with E-state index in [1.165, 1.54) is 11.3 Å². The molecule has 0 atom stereocenters. The highest BCUT2D eigenvalue weighted by Crippen LogP contribution is 2.29. The highest BCUT2D eigenvalue weighted by molar-refractivity contribution is 7.14. The molecule has 0 aliphatic carbocycles. The molecule has 0 fully saturated rings. The summed E-state index contributed by atoms with van der Waals surface area (Å²) < 4.78 is 0. The molecule has 0 spiro atoms. The molecule has 0 radical (unpaired) electrons. The number of hydrogen-bond donors (Lipinski definition) is 2. The second kappa shape index (κ2) is 7.13. The fraction of sp³-hybridized carbons (Fsp3) is 0.389. The smallest absolute Gasteiger partial charge is 0.335 e. The third-order valence-electron chi connectivity index (χ3n) is 3.54. The Bertz CT molecular complexity index is 743. The molecule has 0 saturated carbocycles. The number of rotatable bonds is 5. The molecule has 0 aliphatic heterocycles. The van der Waals surface area contributed by atoms with Gasteiger partial charge >= 0.3 is 5.97 Å². The number of nitrogens with zero attached hydrogens (tertiary/aromatic N) is 1. The average molecular weight is 346 g/mol. The van der Waals surface area contributed by atoms with E-state index in [0.29, 0.717) is 17.8 Å². The largest absolute Gasteiger partial charge is 0.478 e. The van der Waals surface area contributed by atoms with Gasteiger partial charge < -0.3 is 10.4 Å². The number of thiazole rings is 1. The molecule has 0 unspecified atom stereocenters. The number of aryl methyl sites for hydroxylation is 1. The van der Waals surface area contributed by atoms with Gasteiger partial charge in [0.05, 0.1) is 16.3 Å². The van der Waals surface area contributed by atoms with E-state index in [-0.39, 0.29) is 16.9 Å². The predicted molar refractivity (Wildman–Crippen MR) is 95.0 cm³/mol. The Morgan fingerprint density at radius 1 is 1.21 bits per heavy atom. The van der Waals surface area contributed by atoms with E-state index < -0.39 is 5.97 Å². The van der Waals surface area contributed by atoms with Gasteiger partial charge in [-0.05, 0) is 31.0 Å². The molecule has 2 aromatic rings. The van der Waals surface area contributed by atoms with Crippen molar-refractivity contribution in [3.63, 3.8) is 0 Å². The topological polar surface area (TPSA) is 79.3 Å². The van der Waals surface area contributed by atoms with Crippen LogP contribution in [-0.4, -0.2) is 28.5 Å². The van der Waals surface area contributed by atoms with Gasteiger partial charge in [0, 0.05) is 12.0 Å². The standard InChI is InChI=1S/C18H22N2O3S/c1-11-14(24-17(20-11)18(2,3)4)15(21)19-10-9-12-5-7-13(8-6-12)16(22)23/h5-8H,9-10H2,1-4H3,(H,19,21)(H,22,23). The number of aromatic carboxylic acids is 1. The number of carboxylic acids is 1. The Morgan fingerprint density at radius 2 is 1.83 bits per heavy atom. The lowest BCUT2D eigenvalue weighted by molar-refractivity contribution is 0.0696. The van der Waals surface area contributed by atoms with Crippen LogP contribution in [0.4, 0.5) is 0 Å². The van der Waals surface area contributed by atoms with Crippen LogP contribution in [0.5, 0.6) is 0 Å². The number of benzene rings is 1. The van der Waals surface area contributed by atoms with Crippen LogP contribution in [0.3, 0.4) is 0 Å². The molecule has 2 N–H and O–H groups in total. The van der Waals surface area contributed by atoms with Crippen molar-refractivity contribution < 1.29 is 14.7 Å². The van der Waals surface area contributed by atoms with E-state index >= 15 is 0 Å². The van der Waals surface area contributed by atoms with E-state index in [1.54, 1.807) is 24.3 Å². The maximum atomic E-state index is 12.3. The zero-order chi connectivity index (χ0) is 17.9. The minimum Gasteiger partial charge on any atom is -0.478 e. The summed E-state index contributed by atoms with van der Waals surface area (Å²) in [6.45, 7) is 8.58. The maximum absolute atomic E-state index is 12.3. The first kappa shape index (κ1) is 18.1. The molecule has 5 nitrogen and oxygen atoms in total. The molecule has 1 heterocycles. The minimum absolute atomic E-state index is 0.0696. The Balaban J connectivity index is 1.94. The van der Waals surface area contributed by atoms with Crippen LogP contribution in [0.1, 0.15) is 57.1 Å². The molecule has 128 valence electrons. The lowest BCUT2D eigenvalue weighted by Gasteiger charge is -2.13. The second-order valence-corrected chi connectivity index (χ2v) is 7.69. The van der Waals surface area contributed by atoms with Crippen molar-refractivity contribution in [2.45, 2.75) is 39.5 Å². The molecule has 0 aliphatic rings. The van der Waals surface area contributed by atoms with Crippen LogP contribution in [0.25, 0.3) is 0 Å². The summed E-state index contributed by atoms with van der Waals surface area (Å²) in [7, 11) is 0. The number of amides is 1. The van der Waals surface area contributed by atoms with Gasteiger partial charge in [-0.3, -0.25) is 4.79 Å². The molecule has 0 bridgehead atoms. The van der Waals surface area contributed by atoms with Crippen molar-refractivity contribution in [3.8, 4) is 0 Å². The normalized spacial score (nSPS) is 11.3. The van der Waals surface area contributed by atoms with Gasteiger partial charge in [-0.15, -0.1) is 11.3 Å². The average Bonchev–Trinajstić information content (AvgIpc) is 2.90. The summed E-state index contributed by atoms with van der Waals surface area (Å²) in [4.78, 5) is 28.3. The summed E-state index contributed by atoms with van der Waals surface area (Å²) in [5, 5.41) is 12.7. The third-order valence-corrected chi connectivity index (χ3v) is 5.13. The fourth-order valence-corrected chi connectivity index (χ4v) is 3.18. The lowest BCUT2D eigenvalue weighted by atomic mass is 9.98. The number of nitrogens with one attached hydrogen (secondary N) is 1. The summed E-state index contributed by atoms with van der Waals surface area (Å²) in [6, 6.07) is 6.68. The van der Waals surface area contributed by atoms with Gasteiger partial charge in [-0.1, -0.05) is 32.9 Å². The molecule has 2 rings (SSSR count). The Morgan fingerprint density at radius 3 is 2.33 bits per heavy atom. The quantitative estimate of drug-likeness (QED) is 0.869. The summed E-state index contributed by atoms with van der Waals surface area (Å²) in [6.07, 6.45) is 0.648. The fourth-order valence-electron chi connectivity index (χ4n) is 2.14. The van der Waals surface area contributed by atoms with Crippen LogP contribution in [-0.2, 0) is 11.8 Å². The second-order valence-electron chi connectivity index (χ2n) is 6.69. The molecular weight excluding hydrogens is 324 g/mol. The molecule has 0 saturated heterocycles. The Hall–Kier alpha value is -2.21. The van der Waals surface area contributed by atoms with Crippen molar-refractivity contribution in [1.29, 1.82) is 0 Å². The molecule has 1 amide bonds. The lowest BCUT2D eigenvalue weighted by Crippen LogP contribution is -2.25. The van der Waals surface area contributed by atoms with Crippen molar-refractivity contribution in [2.75, 3.05) is 6.54 Å². The molecule has 1 aromatic carbocycles. The number of carboxylic acid groups (broad SMARTS) is 1. The third kappa shape index (κ3) is 4.41. The SMILES string of the molecule is Cc1nc(C(C)(C)C)sc1C(=O)NCCc1ccc(C(=O)O)cc1. The van der Waals surface area contributed by atoms with E-state index in [2.05, 4.69) is 31.1 Å². The predicted octanol–water partition coefficient (Wildman–Crippen LogP) is 3.42. The zero-order valence-corrected chi connectivity index (χ0v) is 15.2. The van der Waals surface area contributed by atoms with E-state index in [1.807, 2.05) is 6.92 Å². The first-order chi connectivity index (χ1) is 11.2. The zero-order valence-electron chi connectivity index (χ0n) is 14.3. The molecule has 1 aromatic heterocycles. The van der Waals surface area contributed by atoms with Crippen LogP contribution < -0.4 is 5.32 Å². The van der Waals surface area contributed by atoms with Crippen molar-refractivity contribution in [2.24, 2.45) is 0 Å². The highest BCUT2D eigenvalue weighted by Gasteiger charge is 2.22. The van der Waals surface area contributed by atoms with Gasteiger partial charge in [-0.2, -0.15) is 0 Å².